The fourth-order valence-corrected chi connectivity index (χ4v) is 3.68. The average molecular weight is 221 g/mol. The van der Waals surface area contributed by atoms with E-state index in [1.54, 1.807) is 17.0 Å². The molecular formula is C9H19NOS2. The molecule has 0 bridgehead atoms. The van der Waals surface area contributed by atoms with E-state index in [0.29, 0.717) is 0 Å². The third-order valence-electron chi connectivity index (χ3n) is 2.72. The van der Waals surface area contributed by atoms with Crippen LogP contribution in [0.2, 0.25) is 0 Å². The highest BCUT2D eigenvalue weighted by Crippen LogP contribution is 2.27. The molecule has 1 unspecified atom stereocenters. The minimum Gasteiger partial charge on any atom is -0.317 e. The zero-order valence-electron chi connectivity index (χ0n) is 8.41. The van der Waals surface area contributed by atoms with Crippen molar-refractivity contribution in [1.82, 2.24) is 5.32 Å². The van der Waals surface area contributed by atoms with Crippen LogP contribution in [0.5, 0.6) is 0 Å². The molecule has 0 heterocycles. The van der Waals surface area contributed by atoms with Gasteiger partial charge in [-0.2, -0.15) is 0 Å². The van der Waals surface area contributed by atoms with E-state index in [1.807, 2.05) is 7.05 Å². The molecule has 0 saturated heterocycles. The van der Waals surface area contributed by atoms with Crippen molar-refractivity contribution in [3.05, 3.63) is 0 Å². The lowest BCUT2D eigenvalue weighted by Crippen LogP contribution is -2.30. The smallest absolute Gasteiger partial charge is 0.0772 e. The van der Waals surface area contributed by atoms with Crippen LogP contribution in [-0.2, 0) is 9.83 Å². The normalized spacial score (nSPS) is 31.5. The van der Waals surface area contributed by atoms with Gasteiger partial charge in [0.25, 0.3) is 0 Å². The summed E-state index contributed by atoms with van der Waals surface area (Å²) >= 11 is 0. The van der Waals surface area contributed by atoms with E-state index < -0.39 is 9.83 Å². The maximum atomic E-state index is 10.9. The van der Waals surface area contributed by atoms with Gasteiger partial charge in [0.2, 0.25) is 0 Å². The van der Waals surface area contributed by atoms with Gasteiger partial charge in [-0.3, -0.25) is 0 Å². The van der Waals surface area contributed by atoms with Gasteiger partial charge in [-0.05, 0) is 38.6 Å². The first kappa shape index (κ1) is 11.5. The van der Waals surface area contributed by atoms with Crippen LogP contribution in [0.25, 0.3) is 0 Å². The molecular weight excluding hydrogens is 202 g/mol. The molecule has 2 nitrogen and oxygen atoms in total. The summed E-state index contributed by atoms with van der Waals surface area (Å²) in [6.07, 6.45) is 6.95. The summed E-state index contributed by atoms with van der Waals surface area (Å²) in [4.78, 5) is 0. The maximum absolute atomic E-state index is 10.9. The quantitative estimate of drug-likeness (QED) is 0.734. The van der Waals surface area contributed by atoms with Crippen LogP contribution in [-0.4, -0.2) is 29.3 Å². The molecule has 1 aliphatic carbocycles. The Morgan fingerprint density at radius 3 is 2.46 bits per heavy atom. The molecule has 0 amide bonds. The predicted octanol–water partition coefficient (Wildman–Crippen LogP) is 1.79. The van der Waals surface area contributed by atoms with Crippen molar-refractivity contribution in [3.63, 3.8) is 0 Å². The van der Waals surface area contributed by atoms with Crippen LogP contribution in [0.15, 0.2) is 0 Å². The van der Waals surface area contributed by atoms with Gasteiger partial charge < -0.3 is 5.32 Å². The summed E-state index contributed by atoms with van der Waals surface area (Å²) in [5.41, 5.74) is 0. The highest BCUT2D eigenvalue weighted by molar-refractivity contribution is 8.68. The van der Waals surface area contributed by atoms with E-state index in [4.69, 9.17) is 0 Å². The molecule has 1 aliphatic rings. The molecule has 0 radical (unpaired) electrons. The standard InChI is InChI=1S/C9H19NOS2/c1-10-9-5-3-8(4-6-9)7-12-13(2)11/h8-10H,3-7H2,1-2H3. The van der Waals surface area contributed by atoms with Gasteiger partial charge in [-0.25, -0.2) is 4.21 Å². The van der Waals surface area contributed by atoms with Crippen molar-refractivity contribution >= 4 is 20.6 Å². The monoisotopic (exact) mass is 221 g/mol. The first-order valence-corrected chi connectivity index (χ1v) is 7.92. The molecule has 13 heavy (non-hydrogen) atoms. The Kier molecular flexibility index (Phi) is 5.36. The van der Waals surface area contributed by atoms with Crippen LogP contribution in [0.1, 0.15) is 25.7 Å². The number of nitrogens with one attached hydrogen (secondary N) is 1. The molecule has 0 aliphatic heterocycles. The molecule has 78 valence electrons. The Balaban J connectivity index is 2.14. The lowest BCUT2D eigenvalue weighted by atomic mass is 9.87. The fraction of sp³-hybridized carbons (Fsp3) is 1.00. The summed E-state index contributed by atoms with van der Waals surface area (Å²) < 4.78 is 10.9. The maximum Gasteiger partial charge on any atom is 0.0772 e. The van der Waals surface area contributed by atoms with Crippen LogP contribution in [0.4, 0.5) is 0 Å². The van der Waals surface area contributed by atoms with Crippen molar-refractivity contribution < 1.29 is 4.21 Å². The van der Waals surface area contributed by atoms with E-state index in [1.165, 1.54) is 25.7 Å². The van der Waals surface area contributed by atoms with Crippen LogP contribution < -0.4 is 5.32 Å². The molecule has 1 rings (SSSR count). The Bertz CT molecular complexity index is 167. The zero-order chi connectivity index (χ0) is 9.68. The zero-order valence-corrected chi connectivity index (χ0v) is 10.0. The third kappa shape index (κ3) is 4.47. The highest BCUT2D eigenvalue weighted by atomic mass is 33.1. The molecule has 4 heteroatoms. The van der Waals surface area contributed by atoms with Crippen molar-refractivity contribution in [1.29, 1.82) is 0 Å². The largest absolute Gasteiger partial charge is 0.317 e. The first-order valence-electron chi connectivity index (χ1n) is 4.86. The molecule has 1 N–H and O–H groups in total. The summed E-state index contributed by atoms with van der Waals surface area (Å²) in [6.45, 7) is 0. The van der Waals surface area contributed by atoms with Gasteiger partial charge in [0.15, 0.2) is 0 Å². The number of rotatable bonds is 4. The summed E-state index contributed by atoms with van der Waals surface area (Å²) in [7, 11) is 2.96. The molecule has 1 saturated carbocycles. The number of hydrogen-bond acceptors (Lipinski definition) is 3. The molecule has 0 spiro atoms. The topological polar surface area (TPSA) is 29.1 Å². The van der Waals surface area contributed by atoms with E-state index in [2.05, 4.69) is 5.32 Å². The second kappa shape index (κ2) is 6.04. The van der Waals surface area contributed by atoms with Gasteiger partial charge in [-0.15, -0.1) is 0 Å². The summed E-state index contributed by atoms with van der Waals surface area (Å²) in [5.74, 6) is 1.89. The van der Waals surface area contributed by atoms with E-state index in [9.17, 15) is 4.21 Å². The van der Waals surface area contributed by atoms with Gasteiger partial charge in [-0.1, -0.05) is 10.8 Å². The van der Waals surface area contributed by atoms with Crippen molar-refractivity contribution in [3.8, 4) is 0 Å². The van der Waals surface area contributed by atoms with Crippen molar-refractivity contribution in [2.45, 2.75) is 31.7 Å². The van der Waals surface area contributed by atoms with Crippen molar-refractivity contribution in [2.75, 3.05) is 19.1 Å². The molecule has 0 aromatic rings. The Morgan fingerprint density at radius 1 is 1.38 bits per heavy atom. The van der Waals surface area contributed by atoms with Gasteiger partial charge in [0, 0.05) is 18.1 Å². The SMILES string of the molecule is CNC1CCC(CSS(C)=O)CC1. The van der Waals surface area contributed by atoms with Crippen LogP contribution in [0.3, 0.4) is 0 Å². The molecule has 0 aromatic carbocycles. The Morgan fingerprint density at radius 2 is 2.00 bits per heavy atom. The lowest BCUT2D eigenvalue weighted by molar-refractivity contribution is 0.323. The summed E-state index contributed by atoms with van der Waals surface area (Å²) in [6, 6.07) is 0.730. The average Bonchev–Trinajstić information content (AvgIpc) is 2.15. The predicted molar refractivity (Wildman–Crippen MR) is 61.3 cm³/mol. The second-order valence-corrected chi connectivity index (χ2v) is 7.18. The van der Waals surface area contributed by atoms with Gasteiger partial charge in [0.1, 0.15) is 0 Å². The van der Waals surface area contributed by atoms with Gasteiger partial charge in [0.05, 0.1) is 9.83 Å². The first-order chi connectivity index (χ1) is 6.22. The Hall–Kier alpha value is 0.460. The summed E-state index contributed by atoms with van der Waals surface area (Å²) in [5, 5.41) is 3.32. The Labute approximate surface area is 87.1 Å². The minimum atomic E-state index is -0.677. The van der Waals surface area contributed by atoms with Gasteiger partial charge >= 0.3 is 0 Å². The minimum absolute atomic E-state index is 0.677. The molecule has 1 fully saturated rings. The fourth-order valence-electron chi connectivity index (χ4n) is 1.81. The van der Waals surface area contributed by atoms with Crippen LogP contribution >= 0.6 is 10.8 Å². The number of hydrogen-bond donors (Lipinski definition) is 1. The molecule has 0 aromatic heterocycles. The molecule has 1 atom stereocenters. The van der Waals surface area contributed by atoms with E-state index in [-0.39, 0.29) is 0 Å². The third-order valence-corrected chi connectivity index (χ3v) is 5.07. The van der Waals surface area contributed by atoms with E-state index >= 15 is 0 Å². The van der Waals surface area contributed by atoms with Crippen molar-refractivity contribution in [2.24, 2.45) is 5.92 Å². The van der Waals surface area contributed by atoms with E-state index in [0.717, 1.165) is 17.7 Å². The van der Waals surface area contributed by atoms with Crippen LogP contribution in [0, 0.1) is 5.92 Å². The highest BCUT2D eigenvalue weighted by Gasteiger charge is 2.19. The lowest BCUT2D eigenvalue weighted by Gasteiger charge is -2.27. The second-order valence-electron chi connectivity index (χ2n) is 3.69.